The standard InChI is InChI=1S/C17H28N2O2/c1-3-15(18)17(14-9-4-5-10-16(14)21-2)19(11-12-20)13-7-6-8-13/h4-5,9-10,13,15,17,20H,3,6-8,11-12,18H2,1-2H3. The van der Waals surface area contributed by atoms with Crippen LogP contribution in [-0.2, 0) is 0 Å². The van der Waals surface area contributed by atoms with E-state index in [-0.39, 0.29) is 18.7 Å². The highest BCUT2D eigenvalue weighted by Gasteiger charge is 2.35. The van der Waals surface area contributed by atoms with E-state index in [1.54, 1.807) is 7.11 Å². The highest BCUT2D eigenvalue weighted by atomic mass is 16.5. The van der Waals surface area contributed by atoms with Crippen LogP contribution in [0.4, 0.5) is 0 Å². The van der Waals surface area contributed by atoms with Gasteiger partial charge < -0.3 is 15.6 Å². The van der Waals surface area contributed by atoms with Crippen LogP contribution < -0.4 is 10.5 Å². The van der Waals surface area contributed by atoms with Gasteiger partial charge in [0.25, 0.3) is 0 Å². The minimum Gasteiger partial charge on any atom is -0.496 e. The van der Waals surface area contributed by atoms with Crippen molar-refractivity contribution >= 4 is 0 Å². The Hall–Kier alpha value is -1.10. The second-order valence-corrected chi connectivity index (χ2v) is 5.81. The average Bonchev–Trinajstić information content (AvgIpc) is 2.46. The topological polar surface area (TPSA) is 58.7 Å². The molecule has 1 aromatic rings. The van der Waals surface area contributed by atoms with Crippen LogP contribution in [0.3, 0.4) is 0 Å². The number of hydrogen-bond acceptors (Lipinski definition) is 4. The number of nitrogens with zero attached hydrogens (tertiary/aromatic N) is 1. The molecule has 2 atom stereocenters. The van der Waals surface area contributed by atoms with E-state index >= 15 is 0 Å². The molecule has 3 N–H and O–H groups in total. The number of rotatable bonds is 8. The molecule has 2 unspecified atom stereocenters. The highest BCUT2D eigenvalue weighted by molar-refractivity contribution is 5.37. The first kappa shape index (κ1) is 16.3. The molecule has 2 rings (SSSR count). The predicted molar refractivity (Wildman–Crippen MR) is 85.4 cm³/mol. The summed E-state index contributed by atoms with van der Waals surface area (Å²) in [6, 6.07) is 8.77. The van der Waals surface area contributed by atoms with Gasteiger partial charge in [0.2, 0.25) is 0 Å². The lowest BCUT2D eigenvalue weighted by molar-refractivity contribution is 0.0463. The molecule has 0 saturated heterocycles. The molecule has 1 saturated carbocycles. The highest BCUT2D eigenvalue weighted by Crippen LogP contribution is 2.37. The SMILES string of the molecule is CCC(N)C(c1ccccc1OC)N(CCO)C1CCC1. The Balaban J connectivity index is 2.35. The molecule has 118 valence electrons. The molecule has 1 fully saturated rings. The van der Waals surface area contributed by atoms with Gasteiger partial charge in [-0.3, -0.25) is 4.90 Å². The monoisotopic (exact) mass is 292 g/mol. The van der Waals surface area contributed by atoms with Gasteiger partial charge in [-0.15, -0.1) is 0 Å². The van der Waals surface area contributed by atoms with E-state index < -0.39 is 0 Å². The fourth-order valence-electron chi connectivity index (χ4n) is 3.17. The molecule has 0 aromatic heterocycles. The first-order valence-electron chi connectivity index (χ1n) is 7.98. The average molecular weight is 292 g/mol. The van der Waals surface area contributed by atoms with Crippen molar-refractivity contribution < 1.29 is 9.84 Å². The van der Waals surface area contributed by atoms with Crippen LogP contribution in [0.2, 0.25) is 0 Å². The lowest BCUT2D eigenvalue weighted by atomic mass is 9.86. The molecule has 0 heterocycles. The Kier molecular flexibility index (Phi) is 6.03. The fraction of sp³-hybridized carbons (Fsp3) is 0.647. The molecule has 1 aliphatic carbocycles. The lowest BCUT2D eigenvalue weighted by Crippen LogP contribution is -2.49. The molecule has 1 aliphatic rings. The van der Waals surface area contributed by atoms with Crippen molar-refractivity contribution in [2.24, 2.45) is 5.73 Å². The molecular weight excluding hydrogens is 264 g/mol. The van der Waals surface area contributed by atoms with E-state index in [2.05, 4.69) is 17.9 Å². The molecule has 1 aromatic carbocycles. The molecule has 4 heteroatoms. The van der Waals surface area contributed by atoms with Crippen LogP contribution in [0.25, 0.3) is 0 Å². The Morgan fingerprint density at radius 3 is 2.62 bits per heavy atom. The number of methoxy groups -OCH3 is 1. The van der Waals surface area contributed by atoms with Crippen molar-refractivity contribution in [3.8, 4) is 5.75 Å². The fourth-order valence-corrected chi connectivity index (χ4v) is 3.17. The van der Waals surface area contributed by atoms with E-state index in [1.165, 1.54) is 19.3 Å². The van der Waals surface area contributed by atoms with Gasteiger partial charge in [0.15, 0.2) is 0 Å². The molecule has 0 radical (unpaired) electrons. The number of benzene rings is 1. The number of para-hydroxylation sites is 1. The molecule has 0 aliphatic heterocycles. The van der Waals surface area contributed by atoms with E-state index in [4.69, 9.17) is 10.5 Å². The summed E-state index contributed by atoms with van der Waals surface area (Å²) in [5, 5.41) is 9.47. The Morgan fingerprint density at radius 1 is 1.38 bits per heavy atom. The summed E-state index contributed by atoms with van der Waals surface area (Å²) in [4.78, 5) is 2.38. The maximum Gasteiger partial charge on any atom is 0.123 e. The second-order valence-electron chi connectivity index (χ2n) is 5.81. The Morgan fingerprint density at radius 2 is 2.10 bits per heavy atom. The number of aliphatic hydroxyl groups is 1. The van der Waals surface area contributed by atoms with Gasteiger partial charge in [-0.05, 0) is 25.3 Å². The summed E-state index contributed by atoms with van der Waals surface area (Å²) in [6.45, 7) is 2.95. The summed E-state index contributed by atoms with van der Waals surface area (Å²) in [7, 11) is 1.70. The minimum atomic E-state index is 0.0356. The zero-order valence-corrected chi connectivity index (χ0v) is 13.2. The van der Waals surface area contributed by atoms with Gasteiger partial charge in [-0.1, -0.05) is 31.5 Å². The summed E-state index contributed by atoms with van der Waals surface area (Å²) >= 11 is 0. The van der Waals surface area contributed by atoms with Crippen molar-refractivity contribution in [3.63, 3.8) is 0 Å². The summed E-state index contributed by atoms with van der Waals surface area (Å²) in [5.41, 5.74) is 7.58. The molecule has 0 spiro atoms. The predicted octanol–water partition coefficient (Wildman–Crippen LogP) is 2.32. The Bertz CT molecular complexity index is 435. The van der Waals surface area contributed by atoms with Crippen molar-refractivity contribution in [1.29, 1.82) is 0 Å². The van der Waals surface area contributed by atoms with Crippen LogP contribution in [0, 0.1) is 0 Å². The molecular formula is C17H28N2O2. The number of nitrogens with two attached hydrogens (primary N) is 1. The van der Waals surface area contributed by atoms with Gasteiger partial charge in [0.05, 0.1) is 19.8 Å². The quantitative estimate of drug-likeness (QED) is 0.772. The molecule has 21 heavy (non-hydrogen) atoms. The zero-order chi connectivity index (χ0) is 15.2. The van der Waals surface area contributed by atoms with Crippen LogP contribution in [0.1, 0.15) is 44.2 Å². The van der Waals surface area contributed by atoms with Crippen molar-refractivity contribution in [1.82, 2.24) is 4.90 Å². The van der Waals surface area contributed by atoms with Gasteiger partial charge >= 0.3 is 0 Å². The van der Waals surface area contributed by atoms with E-state index in [0.717, 1.165) is 17.7 Å². The zero-order valence-electron chi connectivity index (χ0n) is 13.2. The van der Waals surface area contributed by atoms with Crippen LogP contribution in [0.15, 0.2) is 24.3 Å². The van der Waals surface area contributed by atoms with Crippen LogP contribution in [0.5, 0.6) is 5.75 Å². The molecule has 0 amide bonds. The normalized spacial score (nSPS) is 18.3. The van der Waals surface area contributed by atoms with Crippen molar-refractivity contribution in [2.75, 3.05) is 20.3 Å². The van der Waals surface area contributed by atoms with Gasteiger partial charge in [0.1, 0.15) is 5.75 Å². The van der Waals surface area contributed by atoms with E-state index in [1.807, 2.05) is 18.2 Å². The molecule has 4 nitrogen and oxygen atoms in total. The third-order valence-electron chi connectivity index (χ3n) is 4.59. The van der Waals surface area contributed by atoms with Gasteiger partial charge in [-0.25, -0.2) is 0 Å². The lowest BCUT2D eigenvalue weighted by Gasteiger charge is -2.44. The molecule has 0 bridgehead atoms. The first-order valence-corrected chi connectivity index (χ1v) is 7.98. The van der Waals surface area contributed by atoms with E-state index in [9.17, 15) is 5.11 Å². The number of hydrogen-bond donors (Lipinski definition) is 2. The number of aliphatic hydroxyl groups excluding tert-OH is 1. The maximum atomic E-state index is 9.47. The smallest absolute Gasteiger partial charge is 0.123 e. The summed E-state index contributed by atoms with van der Waals surface area (Å²) in [6.07, 6.45) is 4.56. The number of ether oxygens (including phenoxy) is 1. The second kappa shape index (κ2) is 7.78. The third kappa shape index (κ3) is 3.57. The Labute approximate surface area is 127 Å². The third-order valence-corrected chi connectivity index (χ3v) is 4.59. The van der Waals surface area contributed by atoms with Crippen molar-refractivity contribution in [2.45, 2.75) is 50.7 Å². The first-order chi connectivity index (χ1) is 10.2. The van der Waals surface area contributed by atoms with E-state index in [0.29, 0.717) is 12.6 Å². The minimum absolute atomic E-state index is 0.0356. The van der Waals surface area contributed by atoms with Gasteiger partial charge in [0, 0.05) is 24.2 Å². The summed E-state index contributed by atoms with van der Waals surface area (Å²) < 4.78 is 5.54. The van der Waals surface area contributed by atoms with Crippen LogP contribution >= 0.6 is 0 Å². The maximum absolute atomic E-state index is 9.47. The van der Waals surface area contributed by atoms with Crippen LogP contribution in [-0.4, -0.2) is 42.4 Å². The van der Waals surface area contributed by atoms with Crippen molar-refractivity contribution in [3.05, 3.63) is 29.8 Å². The largest absolute Gasteiger partial charge is 0.496 e. The summed E-state index contributed by atoms with van der Waals surface area (Å²) in [5.74, 6) is 0.883. The van der Waals surface area contributed by atoms with Gasteiger partial charge in [-0.2, -0.15) is 0 Å².